The Bertz CT molecular complexity index is 1170. The molecule has 0 saturated carbocycles. The fraction of sp³-hybridized carbons (Fsp3) is 0.280. The van der Waals surface area contributed by atoms with Crippen molar-refractivity contribution < 1.29 is 14.4 Å². The molecule has 1 aliphatic rings. The molecule has 0 spiro atoms. The van der Waals surface area contributed by atoms with E-state index in [2.05, 4.69) is 10.3 Å². The smallest absolute Gasteiger partial charge is 0.325 e. The lowest BCUT2D eigenvalue weighted by atomic mass is 9.81. The zero-order valence-electron chi connectivity index (χ0n) is 19.0. The summed E-state index contributed by atoms with van der Waals surface area (Å²) in [5, 5.41) is 6.66. The lowest BCUT2D eigenvalue weighted by molar-refractivity contribution is -0.156. The van der Waals surface area contributed by atoms with Gasteiger partial charge in [0.15, 0.2) is 0 Å². The van der Waals surface area contributed by atoms with Crippen molar-refractivity contribution in [2.75, 3.05) is 17.7 Å². The molecule has 1 fully saturated rings. The highest BCUT2D eigenvalue weighted by Gasteiger charge is 2.55. The maximum Gasteiger partial charge on any atom is 0.325 e. The van der Waals surface area contributed by atoms with Gasteiger partial charge < -0.3 is 16.0 Å². The van der Waals surface area contributed by atoms with Crippen LogP contribution in [0.2, 0.25) is 0 Å². The van der Waals surface area contributed by atoms with E-state index in [0.29, 0.717) is 18.7 Å². The van der Waals surface area contributed by atoms with E-state index in [1.165, 1.54) is 16.2 Å². The minimum atomic E-state index is -0.917. The van der Waals surface area contributed by atoms with Crippen molar-refractivity contribution in [1.82, 2.24) is 15.2 Å². The van der Waals surface area contributed by atoms with E-state index < -0.39 is 18.0 Å². The number of carbonyl (C=O) groups excluding carboxylic acids is 3. The van der Waals surface area contributed by atoms with E-state index >= 15 is 0 Å². The van der Waals surface area contributed by atoms with Crippen molar-refractivity contribution in [2.24, 2.45) is 5.92 Å². The van der Waals surface area contributed by atoms with Crippen molar-refractivity contribution >= 4 is 40.7 Å². The number of amides is 4. The Morgan fingerprint density at radius 2 is 2.00 bits per heavy atom. The second kappa shape index (κ2) is 10.0. The maximum absolute atomic E-state index is 13.5. The van der Waals surface area contributed by atoms with Crippen LogP contribution in [0, 0.1) is 5.92 Å². The quantitative estimate of drug-likeness (QED) is 0.505. The lowest BCUT2D eigenvalue weighted by Crippen LogP contribution is -2.70. The standard InChI is InChI=1S/C25H27N5O3S/c1-3-20(17-7-5-4-6-8-17)28-25(33)30-22(24(32)29(2)18-10-12-34-15-18)19(23(30)31)13-16-9-11-27-21(26)14-16/h4-12,14-15,19-20,22H,3,13H2,1-2H3,(H2,26,27)(H,28,33)/t19-,20?,22+/m1/s1. The van der Waals surface area contributed by atoms with Gasteiger partial charge in [0.2, 0.25) is 5.91 Å². The van der Waals surface area contributed by atoms with Crippen molar-refractivity contribution in [3.05, 3.63) is 76.6 Å². The van der Waals surface area contributed by atoms with Gasteiger partial charge in [-0.25, -0.2) is 9.78 Å². The highest BCUT2D eigenvalue weighted by atomic mass is 32.1. The first-order chi connectivity index (χ1) is 16.4. The number of likely N-dealkylation sites (N-methyl/N-ethyl adjacent to an activating group) is 1. The van der Waals surface area contributed by atoms with Gasteiger partial charge in [0, 0.05) is 18.6 Å². The first-order valence-electron chi connectivity index (χ1n) is 11.1. The molecular formula is C25H27N5O3S. The molecule has 0 bridgehead atoms. The van der Waals surface area contributed by atoms with Crippen LogP contribution < -0.4 is 16.0 Å². The Hall–Kier alpha value is -3.72. The van der Waals surface area contributed by atoms with Crippen LogP contribution in [0.25, 0.3) is 0 Å². The zero-order valence-corrected chi connectivity index (χ0v) is 19.9. The Labute approximate surface area is 202 Å². The number of benzene rings is 1. The summed E-state index contributed by atoms with van der Waals surface area (Å²) in [4.78, 5) is 46.5. The molecule has 2 aromatic heterocycles. The van der Waals surface area contributed by atoms with Crippen LogP contribution in [0.5, 0.6) is 0 Å². The fourth-order valence-corrected chi connectivity index (χ4v) is 4.90. The molecular weight excluding hydrogens is 450 g/mol. The summed E-state index contributed by atoms with van der Waals surface area (Å²) in [6.07, 6.45) is 2.50. The Kier molecular flexibility index (Phi) is 6.93. The number of nitrogens with zero attached hydrogens (tertiary/aromatic N) is 3. The molecule has 1 saturated heterocycles. The topological polar surface area (TPSA) is 109 Å². The number of urea groups is 1. The monoisotopic (exact) mass is 477 g/mol. The molecule has 9 heteroatoms. The maximum atomic E-state index is 13.5. The zero-order chi connectivity index (χ0) is 24.2. The van der Waals surface area contributed by atoms with E-state index in [9.17, 15) is 14.4 Å². The van der Waals surface area contributed by atoms with Gasteiger partial charge >= 0.3 is 6.03 Å². The largest absolute Gasteiger partial charge is 0.384 e. The van der Waals surface area contributed by atoms with Crippen molar-refractivity contribution in [2.45, 2.75) is 31.8 Å². The molecule has 34 heavy (non-hydrogen) atoms. The second-order valence-electron chi connectivity index (χ2n) is 8.25. The Balaban J connectivity index is 1.58. The summed E-state index contributed by atoms with van der Waals surface area (Å²) in [7, 11) is 1.66. The van der Waals surface area contributed by atoms with E-state index in [-0.39, 0.29) is 17.9 Å². The highest BCUT2D eigenvalue weighted by molar-refractivity contribution is 7.08. The summed E-state index contributed by atoms with van der Waals surface area (Å²) in [6.45, 7) is 1.96. The fourth-order valence-electron chi connectivity index (χ4n) is 4.23. The molecule has 3 N–H and O–H groups in total. The molecule has 0 aliphatic carbocycles. The van der Waals surface area contributed by atoms with Gasteiger partial charge in [-0.1, -0.05) is 37.3 Å². The van der Waals surface area contributed by atoms with Gasteiger partial charge in [-0.3, -0.25) is 14.5 Å². The van der Waals surface area contributed by atoms with Crippen molar-refractivity contribution in [3.8, 4) is 0 Å². The number of hydrogen-bond donors (Lipinski definition) is 2. The van der Waals surface area contributed by atoms with Crippen LogP contribution in [-0.2, 0) is 16.0 Å². The number of pyridine rings is 1. The molecule has 1 aromatic carbocycles. The molecule has 4 amide bonds. The van der Waals surface area contributed by atoms with Crippen molar-refractivity contribution in [3.63, 3.8) is 0 Å². The first kappa shape index (κ1) is 23.4. The minimum absolute atomic E-state index is 0.272. The number of nitrogen functional groups attached to an aromatic ring is 1. The molecule has 1 aliphatic heterocycles. The van der Waals surface area contributed by atoms with Gasteiger partial charge in [0.05, 0.1) is 17.6 Å². The number of hydrogen-bond acceptors (Lipinski definition) is 6. The predicted octanol–water partition coefficient (Wildman–Crippen LogP) is 3.62. The van der Waals surface area contributed by atoms with Crippen LogP contribution in [0.15, 0.2) is 65.5 Å². The van der Waals surface area contributed by atoms with Crippen LogP contribution in [0.1, 0.15) is 30.5 Å². The molecule has 3 aromatic rings. The second-order valence-corrected chi connectivity index (χ2v) is 9.03. The number of nitrogens with two attached hydrogens (primary N) is 1. The number of imide groups is 1. The normalized spacial score (nSPS) is 18.2. The van der Waals surface area contributed by atoms with Crippen LogP contribution in [0.3, 0.4) is 0 Å². The Morgan fingerprint density at radius 1 is 1.24 bits per heavy atom. The van der Waals surface area contributed by atoms with Crippen LogP contribution in [-0.4, -0.2) is 40.8 Å². The number of rotatable bonds is 7. The Morgan fingerprint density at radius 3 is 2.65 bits per heavy atom. The lowest BCUT2D eigenvalue weighted by Gasteiger charge is -2.46. The minimum Gasteiger partial charge on any atom is -0.384 e. The van der Waals surface area contributed by atoms with E-state index in [1.54, 1.807) is 25.4 Å². The average molecular weight is 478 g/mol. The third kappa shape index (κ3) is 4.65. The number of anilines is 2. The number of thiophene rings is 1. The molecule has 176 valence electrons. The van der Waals surface area contributed by atoms with Crippen LogP contribution in [0.4, 0.5) is 16.3 Å². The van der Waals surface area contributed by atoms with E-state index in [1.807, 2.05) is 54.1 Å². The van der Waals surface area contributed by atoms with E-state index in [4.69, 9.17) is 5.73 Å². The van der Waals surface area contributed by atoms with Gasteiger partial charge in [-0.15, -0.1) is 0 Å². The number of nitrogens with one attached hydrogen (secondary N) is 1. The average Bonchev–Trinajstić information content (AvgIpc) is 3.39. The van der Waals surface area contributed by atoms with Gasteiger partial charge in [0.25, 0.3) is 5.91 Å². The highest BCUT2D eigenvalue weighted by Crippen LogP contribution is 2.33. The first-order valence-corrected chi connectivity index (χ1v) is 12.0. The summed E-state index contributed by atoms with van der Waals surface area (Å²) >= 11 is 1.47. The molecule has 8 nitrogen and oxygen atoms in total. The summed E-state index contributed by atoms with van der Waals surface area (Å²) in [6, 6.07) is 13.1. The number of β-lactam (4-membered cyclic amide) rings is 1. The van der Waals surface area contributed by atoms with Crippen molar-refractivity contribution in [1.29, 1.82) is 0 Å². The number of carbonyl (C=O) groups is 3. The summed E-state index contributed by atoms with van der Waals surface area (Å²) in [5.74, 6) is -1.02. The molecule has 0 radical (unpaired) electrons. The predicted molar refractivity (Wildman–Crippen MR) is 132 cm³/mol. The molecule has 3 heterocycles. The van der Waals surface area contributed by atoms with Crippen LogP contribution >= 0.6 is 11.3 Å². The third-order valence-electron chi connectivity index (χ3n) is 6.12. The molecule has 3 atom stereocenters. The summed E-state index contributed by atoms with van der Waals surface area (Å²) in [5.41, 5.74) is 8.24. The van der Waals surface area contributed by atoms with E-state index in [0.717, 1.165) is 21.7 Å². The number of aromatic nitrogens is 1. The van der Waals surface area contributed by atoms with Gasteiger partial charge in [-0.05, 0) is 47.5 Å². The molecule has 4 rings (SSSR count). The SMILES string of the molecule is CCC(NC(=O)N1C(=O)[C@H](Cc2ccnc(N)c2)[C@H]1C(=O)N(C)c1ccsc1)c1ccccc1. The molecule has 1 unspecified atom stereocenters. The number of likely N-dealkylation sites (tertiary alicyclic amines) is 1. The summed E-state index contributed by atoms with van der Waals surface area (Å²) < 4.78 is 0. The van der Waals surface area contributed by atoms with Gasteiger partial charge in [0.1, 0.15) is 11.9 Å². The third-order valence-corrected chi connectivity index (χ3v) is 6.79. The van der Waals surface area contributed by atoms with Gasteiger partial charge in [-0.2, -0.15) is 11.3 Å².